The summed E-state index contributed by atoms with van der Waals surface area (Å²) in [7, 11) is 1.68. The predicted octanol–water partition coefficient (Wildman–Crippen LogP) is 4.86. The molecule has 0 fully saturated rings. The van der Waals surface area contributed by atoms with Crippen molar-refractivity contribution in [2.75, 3.05) is 0 Å². The zero-order valence-electron chi connectivity index (χ0n) is 12.5. The number of rotatable bonds is 3. The first-order chi connectivity index (χ1) is 12.1. The molecule has 10 heteroatoms. The minimum atomic E-state index is -0.105. The molecule has 0 radical (unpaired) electrons. The average molecular weight is 423 g/mol. The lowest BCUT2D eigenvalue weighted by Crippen LogP contribution is -2.19. The van der Waals surface area contributed by atoms with Crippen molar-refractivity contribution in [3.8, 4) is 16.5 Å². The molecule has 0 spiro atoms. The number of hydrogen-bond donors (Lipinski definition) is 0. The molecule has 4 heterocycles. The van der Waals surface area contributed by atoms with Crippen molar-refractivity contribution in [2.24, 2.45) is 7.05 Å². The lowest BCUT2D eigenvalue weighted by atomic mass is 10.2. The van der Waals surface area contributed by atoms with Crippen LogP contribution in [0.3, 0.4) is 0 Å². The van der Waals surface area contributed by atoms with Crippen molar-refractivity contribution in [1.29, 1.82) is 5.26 Å². The Balaban J connectivity index is 1.86. The Labute approximate surface area is 163 Å². The van der Waals surface area contributed by atoms with Crippen molar-refractivity contribution in [3.05, 3.63) is 44.0 Å². The number of thiophene rings is 2. The first kappa shape index (κ1) is 16.8. The van der Waals surface area contributed by atoms with Crippen LogP contribution in [0.2, 0.25) is 5.15 Å². The maximum atomic E-state index is 12.9. The minimum Gasteiger partial charge on any atom is -0.290 e. The van der Waals surface area contributed by atoms with E-state index in [4.69, 9.17) is 11.6 Å². The van der Waals surface area contributed by atoms with Gasteiger partial charge < -0.3 is 0 Å². The molecule has 4 rings (SSSR count). The molecule has 0 aliphatic rings. The van der Waals surface area contributed by atoms with Crippen LogP contribution in [0.15, 0.2) is 37.1 Å². The van der Waals surface area contributed by atoms with Gasteiger partial charge in [0.05, 0.1) is 5.39 Å². The van der Waals surface area contributed by atoms with E-state index in [1.54, 1.807) is 18.4 Å². The van der Waals surface area contributed by atoms with E-state index in [0.717, 1.165) is 22.0 Å². The zero-order chi connectivity index (χ0) is 17.6. The van der Waals surface area contributed by atoms with E-state index in [-0.39, 0.29) is 10.7 Å². The molecule has 0 bridgehead atoms. The first-order valence-electron chi connectivity index (χ1n) is 6.85. The predicted molar refractivity (Wildman–Crippen MR) is 104 cm³/mol. The van der Waals surface area contributed by atoms with Gasteiger partial charge in [-0.3, -0.25) is 9.36 Å². The van der Waals surface area contributed by atoms with Crippen molar-refractivity contribution in [3.63, 3.8) is 0 Å². The molecule has 0 N–H and O–H groups in total. The van der Waals surface area contributed by atoms with Gasteiger partial charge in [-0.1, -0.05) is 17.7 Å². The van der Waals surface area contributed by atoms with E-state index in [9.17, 15) is 10.1 Å². The normalized spacial score (nSPS) is 11.1. The van der Waals surface area contributed by atoms with Gasteiger partial charge in [0.15, 0.2) is 10.3 Å². The highest BCUT2D eigenvalue weighted by molar-refractivity contribution is 8.01. The Morgan fingerprint density at radius 1 is 1.40 bits per heavy atom. The summed E-state index contributed by atoms with van der Waals surface area (Å²) in [6.07, 6.45) is 0. The summed E-state index contributed by atoms with van der Waals surface area (Å²) in [6, 6.07) is 6.00. The maximum Gasteiger partial charge on any atom is 0.263 e. The molecule has 4 aromatic rings. The lowest BCUT2D eigenvalue weighted by molar-refractivity contribution is 0.728. The Bertz CT molecular complexity index is 1180. The first-order valence-corrected chi connectivity index (χ1v) is 10.6. The molecule has 0 saturated heterocycles. The number of halogens is 1. The van der Waals surface area contributed by atoms with Gasteiger partial charge >= 0.3 is 0 Å². The fraction of sp³-hybridized carbons (Fsp3) is 0.0667. The Morgan fingerprint density at radius 3 is 2.96 bits per heavy atom. The van der Waals surface area contributed by atoms with E-state index in [1.165, 1.54) is 27.7 Å². The molecule has 0 atom stereocenters. The molecular weight excluding hydrogens is 416 g/mol. The largest absolute Gasteiger partial charge is 0.290 e. The third-order valence-electron chi connectivity index (χ3n) is 3.48. The van der Waals surface area contributed by atoms with Crippen LogP contribution >= 0.6 is 57.6 Å². The number of fused-ring (bicyclic) bond motifs is 1. The van der Waals surface area contributed by atoms with Crippen LogP contribution < -0.4 is 5.56 Å². The Morgan fingerprint density at radius 2 is 2.24 bits per heavy atom. The van der Waals surface area contributed by atoms with Crippen molar-refractivity contribution >= 4 is 67.8 Å². The molecule has 0 aliphatic carbocycles. The van der Waals surface area contributed by atoms with Gasteiger partial charge in [0.2, 0.25) is 0 Å². The molecule has 0 amide bonds. The SMILES string of the molecule is Cn1c(Sc2snc(Cl)c2C#N)nc2scc(-c3cccs3)c2c1=O. The molecule has 124 valence electrons. The highest BCUT2D eigenvalue weighted by Crippen LogP contribution is 2.38. The standard InChI is InChI=1S/C15H7ClN4OS4/c1-20-13(21)10-8(9-3-2-4-22-9)6-23-12(10)18-15(20)24-14-7(5-17)11(16)19-25-14/h2-4,6H,1H3. The quantitative estimate of drug-likeness (QED) is 0.441. The van der Waals surface area contributed by atoms with Gasteiger partial charge in [0.1, 0.15) is 20.7 Å². The monoisotopic (exact) mass is 422 g/mol. The summed E-state index contributed by atoms with van der Waals surface area (Å²) in [5, 5.41) is 14.5. The van der Waals surface area contributed by atoms with Gasteiger partial charge in [-0.25, -0.2) is 4.98 Å². The number of hydrogen-bond acceptors (Lipinski definition) is 8. The van der Waals surface area contributed by atoms with Gasteiger partial charge in [0, 0.05) is 22.9 Å². The molecule has 0 unspecified atom stereocenters. The van der Waals surface area contributed by atoms with Gasteiger partial charge in [0.25, 0.3) is 5.56 Å². The van der Waals surface area contributed by atoms with Crippen LogP contribution in [0, 0.1) is 11.3 Å². The van der Waals surface area contributed by atoms with Crippen LogP contribution in [0.4, 0.5) is 0 Å². The lowest BCUT2D eigenvalue weighted by Gasteiger charge is -2.06. The van der Waals surface area contributed by atoms with E-state index < -0.39 is 0 Å². The van der Waals surface area contributed by atoms with Crippen molar-refractivity contribution in [1.82, 2.24) is 13.9 Å². The average Bonchev–Trinajstić information content (AvgIpc) is 3.32. The van der Waals surface area contributed by atoms with E-state index in [2.05, 4.69) is 9.36 Å². The summed E-state index contributed by atoms with van der Waals surface area (Å²) in [6.45, 7) is 0. The fourth-order valence-corrected chi connectivity index (χ4v) is 6.16. The highest BCUT2D eigenvalue weighted by atomic mass is 35.5. The second-order valence-corrected chi connectivity index (χ2v) is 9.09. The minimum absolute atomic E-state index is 0.105. The molecule has 0 aliphatic heterocycles. The Hall–Kier alpha value is -1.70. The highest BCUT2D eigenvalue weighted by Gasteiger charge is 2.19. The Kier molecular flexibility index (Phi) is 4.39. The summed E-state index contributed by atoms with van der Waals surface area (Å²) in [5.41, 5.74) is 1.13. The number of aromatic nitrogens is 3. The number of nitrogens with zero attached hydrogens (tertiary/aromatic N) is 4. The second-order valence-electron chi connectivity index (χ2n) is 4.92. The zero-order valence-corrected chi connectivity index (χ0v) is 16.5. The summed E-state index contributed by atoms with van der Waals surface area (Å²) < 4.78 is 6.12. The summed E-state index contributed by atoms with van der Waals surface area (Å²) >= 11 is 11.3. The van der Waals surface area contributed by atoms with Gasteiger partial charge in [-0.2, -0.15) is 9.64 Å². The molecule has 0 saturated carbocycles. The van der Waals surface area contributed by atoms with E-state index >= 15 is 0 Å². The van der Waals surface area contributed by atoms with Gasteiger partial charge in [-0.15, -0.1) is 22.7 Å². The molecule has 5 nitrogen and oxygen atoms in total. The summed E-state index contributed by atoms with van der Waals surface area (Å²) in [4.78, 5) is 19.2. The van der Waals surface area contributed by atoms with Crippen LogP contribution in [-0.4, -0.2) is 13.9 Å². The fourth-order valence-electron chi connectivity index (χ4n) is 2.26. The van der Waals surface area contributed by atoms with Crippen LogP contribution in [0.5, 0.6) is 0 Å². The van der Waals surface area contributed by atoms with Crippen molar-refractivity contribution < 1.29 is 0 Å². The van der Waals surface area contributed by atoms with Crippen LogP contribution in [-0.2, 0) is 7.05 Å². The topological polar surface area (TPSA) is 71.6 Å². The summed E-state index contributed by atoms with van der Waals surface area (Å²) in [5.74, 6) is 0. The second kappa shape index (κ2) is 6.55. The van der Waals surface area contributed by atoms with Crippen LogP contribution in [0.1, 0.15) is 5.56 Å². The molecule has 25 heavy (non-hydrogen) atoms. The van der Waals surface area contributed by atoms with Crippen molar-refractivity contribution in [2.45, 2.75) is 9.37 Å². The smallest absolute Gasteiger partial charge is 0.263 e. The van der Waals surface area contributed by atoms with E-state index in [1.807, 2.05) is 29.0 Å². The third kappa shape index (κ3) is 2.80. The van der Waals surface area contributed by atoms with E-state index in [0.29, 0.717) is 25.1 Å². The molecule has 4 aromatic heterocycles. The molecular formula is C15H7ClN4OS4. The van der Waals surface area contributed by atoms with Gasteiger partial charge in [-0.05, 0) is 34.7 Å². The van der Waals surface area contributed by atoms with Crippen LogP contribution in [0.25, 0.3) is 20.7 Å². The maximum absolute atomic E-state index is 12.9. The number of nitriles is 1. The molecule has 0 aromatic carbocycles. The third-order valence-corrected chi connectivity index (χ3v) is 7.68.